The summed E-state index contributed by atoms with van der Waals surface area (Å²) in [6.07, 6.45) is -0.791. The number of hydrogen-bond acceptors (Lipinski definition) is 7. The van der Waals surface area contributed by atoms with Gasteiger partial charge >= 0.3 is 0 Å². The van der Waals surface area contributed by atoms with E-state index in [2.05, 4.69) is 5.32 Å². The third-order valence-electron chi connectivity index (χ3n) is 5.35. The molecule has 2 N–H and O–H groups in total. The minimum absolute atomic E-state index is 0.106. The van der Waals surface area contributed by atoms with Crippen molar-refractivity contribution in [3.63, 3.8) is 0 Å². The molecule has 170 valence electrons. The van der Waals surface area contributed by atoms with Gasteiger partial charge in [0.15, 0.2) is 0 Å². The summed E-state index contributed by atoms with van der Waals surface area (Å²) in [5.41, 5.74) is 1.91. The lowest BCUT2D eigenvalue weighted by atomic mass is 10.1. The lowest BCUT2D eigenvalue weighted by Crippen LogP contribution is -2.24. The first-order chi connectivity index (χ1) is 15.9. The third-order valence-corrected chi connectivity index (χ3v) is 5.35. The number of nitro benzene ring substituents is 2. The second-order valence-corrected chi connectivity index (χ2v) is 7.52. The second-order valence-electron chi connectivity index (χ2n) is 7.52. The summed E-state index contributed by atoms with van der Waals surface area (Å²) < 4.78 is 7.24. The summed E-state index contributed by atoms with van der Waals surface area (Å²) in [5.74, 6) is 0.761. The van der Waals surface area contributed by atoms with Gasteiger partial charge in [-0.3, -0.25) is 20.2 Å². The van der Waals surface area contributed by atoms with E-state index in [1.165, 1.54) is 24.3 Å². The minimum Gasteiger partial charge on any atom is -0.494 e. The summed E-state index contributed by atoms with van der Waals surface area (Å²) in [4.78, 5) is 21.5. The van der Waals surface area contributed by atoms with Gasteiger partial charge in [-0.2, -0.15) is 0 Å². The highest BCUT2D eigenvalue weighted by atomic mass is 16.6. The fourth-order valence-electron chi connectivity index (χ4n) is 3.85. The molecule has 0 aliphatic heterocycles. The van der Waals surface area contributed by atoms with Crippen molar-refractivity contribution in [1.82, 2.24) is 4.57 Å². The van der Waals surface area contributed by atoms with E-state index in [9.17, 15) is 25.3 Å². The van der Waals surface area contributed by atoms with Crippen molar-refractivity contribution in [2.45, 2.75) is 19.6 Å². The molecule has 0 bridgehead atoms. The van der Waals surface area contributed by atoms with Gasteiger partial charge in [-0.05, 0) is 43.3 Å². The van der Waals surface area contributed by atoms with Crippen LogP contribution < -0.4 is 10.1 Å². The number of nitrogens with one attached hydrogen (secondary N) is 1. The number of anilines is 1. The average molecular weight is 450 g/mol. The second kappa shape index (κ2) is 9.13. The molecule has 3 aromatic carbocycles. The Bertz CT molecular complexity index is 1260. The molecule has 4 rings (SSSR count). The van der Waals surface area contributed by atoms with Crippen molar-refractivity contribution in [1.29, 1.82) is 0 Å². The van der Waals surface area contributed by atoms with E-state index in [4.69, 9.17) is 4.74 Å². The molecule has 1 heterocycles. The van der Waals surface area contributed by atoms with Gasteiger partial charge in [0.2, 0.25) is 0 Å². The van der Waals surface area contributed by atoms with Gasteiger partial charge < -0.3 is 19.7 Å². The maximum absolute atomic E-state index is 11.3. The zero-order chi connectivity index (χ0) is 23.5. The highest BCUT2D eigenvalue weighted by molar-refractivity contribution is 6.09. The first-order valence-corrected chi connectivity index (χ1v) is 10.4. The predicted molar refractivity (Wildman–Crippen MR) is 125 cm³/mol. The summed E-state index contributed by atoms with van der Waals surface area (Å²) in [6.45, 7) is 2.94. The first kappa shape index (κ1) is 22.0. The number of benzene rings is 3. The molecule has 1 aromatic heterocycles. The van der Waals surface area contributed by atoms with E-state index in [1.54, 1.807) is 12.1 Å². The molecule has 0 fully saturated rings. The lowest BCUT2D eigenvalue weighted by molar-refractivity contribution is -0.385. The highest BCUT2D eigenvalue weighted by Crippen LogP contribution is 2.34. The molecule has 4 aromatic rings. The number of nitrogens with zero attached hydrogens (tertiary/aromatic N) is 3. The Hall–Kier alpha value is -4.18. The fourth-order valence-corrected chi connectivity index (χ4v) is 3.85. The maximum atomic E-state index is 11.3. The number of non-ortho nitro benzene ring substituents is 2. The monoisotopic (exact) mass is 450 g/mol. The predicted octanol–water partition coefficient (Wildman–Crippen LogP) is 4.48. The average Bonchev–Trinajstić information content (AvgIpc) is 3.11. The zero-order valence-electron chi connectivity index (χ0n) is 17.8. The number of hydrogen-bond donors (Lipinski definition) is 2. The maximum Gasteiger partial charge on any atom is 0.270 e. The van der Waals surface area contributed by atoms with E-state index in [1.807, 2.05) is 35.8 Å². The van der Waals surface area contributed by atoms with Crippen molar-refractivity contribution in [3.8, 4) is 5.75 Å². The van der Waals surface area contributed by atoms with Crippen LogP contribution >= 0.6 is 0 Å². The van der Waals surface area contributed by atoms with Crippen LogP contribution in [0.25, 0.3) is 21.8 Å². The largest absolute Gasteiger partial charge is 0.494 e. The number of fused-ring (bicyclic) bond motifs is 3. The molecular formula is C23H22N4O6. The lowest BCUT2D eigenvalue weighted by Gasteiger charge is -2.16. The van der Waals surface area contributed by atoms with Crippen LogP contribution in [0.15, 0.2) is 60.7 Å². The van der Waals surface area contributed by atoms with Crippen molar-refractivity contribution < 1.29 is 19.7 Å². The quantitative estimate of drug-likeness (QED) is 0.284. The van der Waals surface area contributed by atoms with E-state index < -0.39 is 16.0 Å². The first-order valence-electron chi connectivity index (χ1n) is 10.4. The Morgan fingerprint density at radius 3 is 1.97 bits per heavy atom. The molecule has 0 spiro atoms. The summed E-state index contributed by atoms with van der Waals surface area (Å²) in [7, 11) is 0. The summed E-state index contributed by atoms with van der Waals surface area (Å²) in [6, 6.07) is 16.2. The molecule has 0 aliphatic carbocycles. The zero-order valence-corrected chi connectivity index (χ0v) is 17.8. The van der Waals surface area contributed by atoms with Gasteiger partial charge in [-0.15, -0.1) is 0 Å². The number of aliphatic hydroxyl groups excluding tert-OH is 1. The number of ether oxygens (including phenoxy) is 1. The van der Waals surface area contributed by atoms with Crippen LogP contribution in [0, 0.1) is 20.2 Å². The van der Waals surface area contributed by atoms with Crippen molar-refractivity contribution in [2.24, 2.45) is 0 Å². The van der Waals surface area contributed by atoms with Crippen LogP contribution in [-0.4, -0.2) is 38.8 Å². The molecule has 10 nitrogen and oxygen atoms in total. The number of nitro groups is 2. The Morgan fingerprint density at radius 2 is 1.48 bits per heavy atom. The Labute approximate surface area is 188 Å². The molecule has 0 radical (unpaired) electrons. The van der Waals surface area contributed by atoms with Crippen LogP contribution in [0.5, 0.6) is 5.75 Å². The van der Waals surface area contributed by atoms with E-state index in [0.29, 0.717) is 28.4 Å². The summed E-state index contributed by atoms with van der Waals surface area (Å²) >= 11 is 0. The SMILES string of the molecule is CCOc1ccc(NCC(O)Cn2c3ccc([N+](=O)[O-])cc3c3cc([N+](=O)[O-])ccc32)cc1. The molecule has 10 heteroatoms. The van der Waals surface area contributed by atoms with Gasteiger partial charge in [0.05, 0.1) is 29.1 Å². The van der Waals surface area contributed by atoms with Gasteiger partial charge in [0.1, 0.15) is 5.75 Å². The molecule has 0 saturated heterocycles. The van der Waals surface area contributed by atoms with Crippen LogP contribution in [0.4, 0.5) is 17.1 Å². The molecule has 33 heavy (non-hydrogen) atoms. The topological polar surface area (TPSA) is 133 Å². The normalized spacial score (nSPS) is 12.1. The van der Waals surface area contributed by atoms with E-state index >= 15 is 0 Å². The minimum atomic E-state index is -0.791. The number of aliphatic hydroxyl groups is 1. The molecular weight excluding hydrogens is 428 g/mol. The van der Waals surface area contributed by atoms with Gasteiger partial charge in [-0.1, -0.05) is 0 Å². The molecule has 0 aliphatic rings. The number of rotatable bonds is 9. The smallest absolute Gasteiger partial charge is 0.270 e. The van der Waals surface area contributed by atoms with Gasteiger partial charge in [-0.25, -0.2) is 0 Å². The Kier molecular flexibility index (Phi) is 6.09. The van der Waals surface area contributed by atoms with Crippen molar-refractivity contribution in [3.05, 3.63) is 80.9 Å². The molecule has 0 amide bonds. The van der Waals surface area contributed by atoms with E-state index in [0.717, 1.165) is 11.4 Å². The Morgan fingerprint density at radius 1 is 0.939 bits per heavy atom. The fraction of sp³-hybridized carbons (Fsp3) is 0.217. The van der Waals surface area contributed by atoms with Gasteiger partial charge in [0, 0.05) is 58.3 Å². The van der Waals surface area contributed by atoms with Crippen LogP contribution in [-0.2, 0) is 6.54 Å². The van der Waals surface area contributed by atoms with Crippen LogP contribution in [0.3, 0.4) is 0 Å². The number of aromatic nitrogens is 1. The molecule has 0 saturated carbocycles. The van der Waals surface area contributed by atoms with Crippen molar-refractivity contribution in [2.75, 3.05) is 18.5 Å². The summed E-state index contributed by atoms with van der Waals surface area (Å²) in [5, 5.41) is 37.4. The molecule has 1 unspecified atom stereocenters. The van der Waals surface area contributed by atoms with Crippen LogP contribution in [0.1, 0.15) is 6.92 Å². The standard InChI is InChI=1S/C23H22N4O6/c1-2-33-19-7-3-15(4-8-19)24-13-18(28)14-25-22-9-5-16(26(29)30)11-20(22)21-12-17(27(31)32)6-10-23(21)25/h3-12,18,24,28H,2,13-14H2,1H3. The van der Waals surface area contributed by atoms with Crippen LogP contribution in [0.2, 0.25) is 0 Å². The third kappa shape index (κ3) is 4.55. The Balaban J connectivity index is 1.62. The van der Waals surface area contributed by atoms with Crippen molar-refractivity contribution >= 4 is 38.9 Å². The highest BCUT2D eigenvalue weighted by Gasteiger charge is 2.19. The molecule has 1 atom stereocenters. The van der Waals surface area contributed by atoms with Gasteiger partial charge in [0.25, 0.3) is 11.4 Å². The van der Waals surface area contributed by atoms with E-state index in [-0.39, 0.29) is 24.5 Å².